The van der Waals surface area contributed by atoms with Crippen LogP contribution < -0.4 is 0 Å². The quantitative estimate of drug-likeness (QED) is 0.614. The molecule has 0 aromatic rings. The lowest BCUT2D eigenvalue weighted by Gasteiger charge is -2.02. The van der Waals surface area contributed by atoms with Gasteiger partial charge in [-0.05, 0) is 41.9 Å². The maximum atomic E-state index is 2.47. The Morgan fingerprint density at radius 3 is 2.46 bits per heavy atom. The normalized spacial score (nSPS) is 48.2. The zero-order chi connectivity index (χ0) is 9.59. The van der Waals surface area contributed by atoms with Gasteiger partial charge in [-0.2, -0.15) is 0 Å². The summed E-state index contributed by atoms with van der Waals surface area (Å²) in [6.07, 6.45) is 4.44. The molecule has 0 aromatic carbocycles. The Morgan fingerprint density at radius 2 is 2.00 bits per heavy atom. The second kappa shape index (κ2) is 3.29. The summed E-state index contributed by atoms with van der Waals surface area (Å²) in [5.41, 5.74) is 0. The first-order valence-corrected chi connectivity index (χ1v) is 6.16. The molecule has 13 heavy (non-hydrogen) atoms. The van der Waals surface area contributed by atoms with Crippen LogP contribution in [0, 0.1) is 35.5 Å². The Balaban J connectivity index is 1.79. The monoisotopic (exact) mass is 180 g/mol. The first kappa shape index (κ1) is 9.55. The standard InChI is InChI=1S/C13H24/c1-5-6-10-9(4)13(10)12-7-11(12)8(2)3/h8-13H,5-7H2,1-4H3. The Hall–Kier alpha value is 0. The van der Waals surface area contributed by atoms with Crippen LogP contribution in [0.1, 0.15) is 47.0 Å². The zero-order valence-corrected chi connectivity index (χ0v) is 9.59. The van der Waals surface area contributed by atoms with Crippen molar-refractivity contribution in [3.05, 3.63) is 0 Å². The summed E-state index contributed by atoms with van der Waals surface area (Å²) in [6.45, 7) is 9.59. The van der Waals surface area contributed by atoms with Crippen molar-refractivity contribution < 1.29 is 0 Å². The van der Waals surface area contributed by atoms with Gasteiger partial charge in [-0.15, -0.1) is 0 Å². The molecule has 0 bridgehead atoms. The molecule has 0 N–H and O–H groups in total. The lowest BCUT2D eigenvalue weighted by atomic mass is 10.0. The summed E-state index contributed by atoms with van der Waals surface area (Å²) in [7, 11) is 0. The molecular weight excluding hydrogens is 156 g/mol. The van der Waals surface area contributed by atoms with E-state index in [9.17, 15) is 0 Å². The zero-order valence-electron chi connectivity index (χ0n) is 9.59. The molecule has 2 fully saturated rings. The third-order valence-electron chi connectivity index (χ3n) is 4.50. The SMILES string of the molecule is CCCC1C(C)C1C1CC1C(C)C. The highest BCUT2D eigenvalue weighted by Gasteiger charge is 2.58. The van der Waals surface area contributed by atoms with E-state index in [1.165, 1.54) is 12.8 Å². The van der Waals surface area contributed by atoms with Crippen LogP contribution in [0.3, 0.4) is 0 Å². The van der Waals surface area contributed by atoms with E-state index in [0.29, 0.717) is 0 Å². The summed E-state index contributed by atoms with van der Waals surface area (Å²) in [4.78, 5) is 0. The molecule has 2 rings (SSSR count). The van der Waals surface area contributed by atoms with E-state index in [4.69, 9.17) is 0 Å². The maximum absolute atomic E-state index is 2.47. The van der Waals surface area contributed by atoms with Crippen LogP contribution in [-0.4, -0.2) is 0 Å². The molecule has 2 aliphatic carbocycles. The van der Waals surface area contributed by atoms with E-state index >= 15 is 0 Å². The van der Waals surface area contributed by atoms with Crippen LogP contribution in [0.5, 0.6) is 0 Å². The highest BCUT2D eigenvalue weighted by atomic mass is 14.6. The summed E-state index contributed by atoms with van der Waals surface area (Å²) in [6, 6.07) is 0. The molecule has 0 heterocycles. The Labute approximate surface area is 83.1 Å². The third kappa shape index (κ3) is 1.65. The second-order valence-corrected chi connectivity index (χ2v) is 5.70. The topological polar surface area (TPSA) is 0 Å². The van der Waals surface area contributed by atoms with Gasteiger partial charge in [-0.1, -0.05) is 40.5 Å². The molecule has 2 saturated carbocycles. The molecule has 0 nitrogen and oxygen atoms in total. The second-order valence-electron chi connectivity index (χ2n) is 5.70. The van der Waals surface area contributed by atoms with Crippen LogP contribution in [0.2, 0.25) is 0 Å². The fourth-order valence-electron chi connectivity index (χ4n) is 3.52. The molecular formula is C13H24. The largest absolute Gasteiger partial charge is 0.0654 e. The van der Waals surface area contributed by atoms with E-state index in [-0.39, 0.29) is 0 Å². The predicted molar refractivity (Wildman–Crippen MR) is 57.5 cm³/mol. The van der Waals surface area contributed by atoms with Crippen molar-refractivity contribution in [1.29, 1.82) is 0 Å². The molecule has 5 atom stereocenters. The molecule has 0 amide bonds. The van der Waals surface area contributed by atoms with Gasteiger partial charge in [0.15, 0.2) is 0 Å². The molecule has 0 radical (unpaired) electrons. The smallest absolute Gasteiger partial charge is 0.0323 e. The van der Waals surface area contributed by atoms with E-state index in [1.54, 1.807) is 6.42 Å². The van der Waals surface area contributed by atoms with Crippen LogP contribution in [0.25, 0.3) is 0 Å². The molecule has 2 aliphatic rings. The highest BCUT2D eigenvalue weighted by Crippen LogP contribution is 2.64. The van der Waals surface area contributed by atoms with Crippen molar-refractivity contribution in [2.45, 2.75) is 47.0 Å². The Morgan fingerprint density at radius 1 is 1.31 bits per heavy atom. The summed E-state index contributed by atoms with van der Waals surface area (Å²) >= 11 is 0. The third-order valence-corrected chi connectivity index (χ3v) is 4.50. The van der Waals surface area contributed by atoms with Gasteiger partial charge in [-0.25, -0.2) is 0 Å². The van der Waals surface area contributed by atoms with Crippen LogP contribution in [-0.2, 0) is 0 Å². The molecule has 0 aromatic heterocycles. The van der Waals surface area contributed by atoms with Crippen LogP contribution in [0.15, 0.2) is 0 Å². The number of rotatable bonds is 4. The van der Waals surface area contributed by atoms with E-state index in [1.807, 2.05) is 0 Å². The Kier molecular flexibility index (Phi) is 2.42. The lowest BCUT2D eigenvalue weighted by molar-refractivity contribution is 0.469. The maximum Gasteiger partial charge on any atom is -0.0323 e. The van der Waals surface area contributed by atoms with Gasteiger partial charge >= 0.3 is 0 Å². The lowest BCUT2D eigenvalue weighted by Crippen LogP contribution is -1.95. The summed E-state index contributed by atoms with van der Waals surface area (Å²) < 4.78 is 0. The van der Waals surface area contributed by atoms with Crippen molar-refractivity contribution >= 4 is 0 Å². The van der Waals surface area contributed by atoms with Crippen molar-refractivity contribution in [3.63, 3.8) is 0 Å². The number of hydrogen-bond acceptors (Lipinski definition) is 0. The van der Waals surface area contributed by atoms with E-state index in [0.717, 1.165) is 35.5 Å². The predicted octanol–water partition coefficient (Wildman–Crippen LogP) is 3.96. The van der Waals surface area contributed by atoms with Gasteiger partial charge in [0.05, 0.1) is 0 Å². The van der Waals surface area contributed by atoms with Crippen molar-refractivity contribution in [2.24, 2.45) is 35.5 Å². The van der Waals surface area contributed by atoms with E-state index < -0.39 is 0 Å². The summed E-state index contributed by atoms with van der Waals surface area (Å²) in [5, 5.41) is 0. The minimum Gasteiger partial charge on any atom is -0.0654 e. The first-order chi connectivity index (χ1) is 6.16. The minimum absolute atomic E-state index is 0.945. The molecule has 5 unspecified atom stereocenters. The molecule has 76 valence electrons. The van der Waals surface area contributed by atoms with Gasteiger partial charge in [0.25, 0.3) is 0 Å². The van der Waals surface area contributed by atoms with Crippen LogP contribution >= 0.6 is 0 Å². The number of hydrogen-bond donors (Lipinski definition) is 0. The van der Waals surface area contributed by atoms with Gasteiger partial charge < -0.3 is 0 Å². The van der Waals surface area contributed by atoms with Crippen molar-refractivity contribution in [2.75, 3.05) is 0 Å². The van der Waals surface area contributed by atoms with Gasteiger partial charge in [-0.3, -0.25) is 0 Å². The average molecular weight is 180 g/mol. The van der Waals surface area contributed by atoms with Crippen molar-refractivity contribution in [3.8, 4) is 0 Å². The van der Waals surface area contributed by atoms with Crippen molar-refractivity contribution in [1.82, 2.24) is 0 Å². The van der Waals surface area contributed by atoms with Gasteiger partial charge in [0.1, 0.15) is 0 Å². The molecule has 0 spiro atoms. The fraction of sp³-hybridized carbons (Fsp3) is 1.00. The van der Waals surface area contributed by atoms with E-state index in [2.05, 4.69) is 27.7 Å². The molecule has 0 saturated heterocycles. The van der Waals surface area contributed by atoms with Gasteiger partial charge in [0.2, 0.25) is 0 Å². The first-order valence-electron chi connectivity index (χ1n) is 6.16. The highest BCUT2D eigenvalue weighted by molar-refractivity contribution is 5.06. The Bertz CT molecular complexity index is 182. The molecule has 0 heteroatoms. The van der Waals surface area contributed by atoms with Crippen LogP contribution in [0.4, 0.5) is 0 Å². The summed E-state index contributed by atoms with van der Waals surface area (Å²) in [5.74, 6) is 6.47. The molecule has 0 aliphatic heterocycles. The fourth-order valence-corrected chi connectivity index (χ4v) is 3.52. The van der Waals surface area contributed by atoms with Gasteiger partial charge in [0, 0.05) is 0 Å². The minimum atomic E-state index is 0.945. The average Bonchev–Trinajstić information content (AvgIpc) is 2.90.